The molecular weight excluding hydrogens is 284 g/mol. The standard InChI is InChI=1S/C15H22N4O3/c1-12(20)18-4-6-19(7-5-18)14-9-13(10-16-11-14)15(21)17-3-8-22-2/h9-11H,3-8H2,1-2H3,(H,17,21). The lowest BCUT2D eigenvalue weighted by Crippen LogP contribution is -2.48. The molecule has 1 N–H and O–H groups in total. The number of anilines is 1. The Labute approximate surface area is 130 Å². The van der Waals surface area contributed by atoms with Crippen molar-refractivity contribution in [3.8, 4) is 0 Å². The van der Waals surface area contributed by atoms with Crippen LogP contribution in [0.25, 0.3) is 0 Å². The Morgan fingerprint density at radius 1 is 1.27 bits per heavy atom. The summed E-state index contributed by atoms with van der Waals surface area (Å²) in [4.78, 5) is 31.5. The van der Waals surface area contributed by atoms with Crippen LogP contribution in [0.3, 0.4) is 0 Å². The topological polar surface area (TPSA) is 74.8 Å². The average Bonchev–Trinajstić information content (AvgIpc) is 2.55. The number of aromatic nitrogens is 1. The highest BCUT2D eigenvalue weighted by molar-refractivity contribution is 5.94. The molecule has 0 spiro atoms. The molecule has 2 rings (SSSR count). The van der Waals surface area contributed by atoms with Crippen LogP contribution in [0, 0.1) is 0 Å². The maximum absolute atomic E-state index is 12.0. The molecule has 0 atom stereocenters. The predicted octanol–water partition coefficient (Wildman–Crippen LogP) is 0.126. The molecule has 0 aliphatic carbocycles. The zero-order chi connectivity index (χ0) is 15.9. The van der Waals surface area contributed by atoms with Gasteiger partial charge in [-0.15, -0.1) is 0 Å². The summed E-state index contributed by atoms with van der Waals surface area (Å²) in [6, 6.07) is 1.83. The van der Waals surface area contributed by atoms with Gasteiger partial charge in [0, 0.05) is 53.0 Å². The highest BCUT2D eigenvalue weighted by Crippen LogP contribution is 2.17. The van der Waals surface area contributed by atoms with Crippen molar-refractivity contribution in [2.45, 2.75) is 6.92 Å². The molecule has 1 aliphatic rings. The minimum Gasteiger partial charge on any atom is -0.383 e. The summed E-state index contributed by atoms with van der Waals surface area (Å²) in [6.45, 7) is 5.41. The summed E-state index contributed by atoms with van der Waals surface area (Å²) in [5.41, 5.74) is 1.44. The molecule has 2 heterocycles. The lowest BCUT2D eigenvalue weighted by atomic mass is 10.2. The number of carbonyl (C=O) groups is 2. The Bertz CT molecular complexity index is 527. The molecule has 0 radical (unpaired) electrons. The molecule has 0 bridgehead atoms. The Balaban J connectivity index is 1.97. The van der Waals surface area contributed by atoms with E-state index in [4.69, 9.17) is 4.74 Å². The van der Waals surface area contributed by atoms with Crippen LogP contribution in [0.4, 0.5) is 5.69 Å². The zero-order valence-corrected chi connectivity index (χ0v) is 13.0. The molecule has 1 aromatic heterocycles. The first kappa shape index (κ1) is 16.2. The third-order valence-corrected chi connectivity index (χ3v) is 3.67. The maximum atomic E-state index is 12.0. The summed E-state index contributed by atoms with van der Waals surface area (Å²) < 4.78 is 4.91. The highest BCUT2D eigenvalue weighted by atomic mass is 16.5. The molecule has 22 heavy (non-hydrogen) atoms. The summed E-state index contributed by atoms with van der Waals surface area (Å²) >= 11 is 0. The smallest absolute Gasteiger partial charge is 0.253 e. The number of pyridine rings is 1. The third-order valence-electron chi connectivity index (χ3n) is 3.67. The van der Waals surface area contributed by atoms with Crippen LogP contribution in [0.1, 0.15) is 17.3 Å². The summed E-state index contributed by atoms with van der Waals surface area (Å²) in [5, 5.41) is 2.78. The lowest BCUT2D eigenvalue weighted by Gasteiger charge is -2.35. The van der Waals surface area contributed by atoms with E-state index in [1.165, 1.54) is 0 Å². The van der Waals surface area contributed by atoms with Crippen molar-refractivity contribution in [3.05, 3.63) is 24.0 Å². The number of methoxy groups -OCH3 is 1. The van der Waals surface area contributed by atoms with E-state index >= 15 is 0 Å². The quantitative estimate of drug-likeness (QED) is 0.783. The number of nitrogens with one attached hydrogen (secondary N) is 1. The van der Waals surface area contributed by atoms with E-state index in [9.17, 15) is 9.59 Å². The second kappa shape index (κ2) is 7.74. The van der Waals surface area contributed by atoms with Crippen molar-refractivity contribution in [2.75, 3.05) is 51.3 Å². The van der Waals surface area contributed by atoms with Gasteiger partial charge in [0.05, 0.1) is 24.1 Å². The molecule has 1 aromatic rings. The monoisotopic (exact) mass is 306 g/mol. The number of nitrogens with zero attached hydrogens (tertiary/aromatic N) is 3. The number of hydrogen-bond acceptors (Lipinski definition) is 5. The van der Waals surface area contributed by atoms with Crippen molar-refractivity contribution in [1.29, 1.82) is 0 Å². The molecule has 7 nitrogen and oxygen atoms in total. The van der Waals surface area contributed by atoms with Gasteiger partial charge in [0.2, 0.25) is 5.91 Å². The van der Waals surface area contributed by atoms with Crippen LogP contribution in [-0.2, 0) is 9.53 Å². The van der Waals surface area contributed by atoms with E-state index in [2.05, 4.69) is 15.2 Å². The van der Waals surface area contributed by atoms with Crippen LogP contribution in [0.5, 0.6) is 0 Å². The number of amides is 2. The molecule has 0 saturated carbocycles. The van der Waals surface area contributed by atoms with E-state index < -0.39 is 0 Å². The largest absolute Gasteiger partial charge is 0.383 e. The van der Waals surface area contributed by atoms with Crippen molar-refractivity contribution in [1.82, 2.24) is 15.2 Å². The van der Waals surface area contributed by atoms with Gasteiger partial charge in [0.15, 0.2) is 0 Å². The fraction of sp³-hybridized carbons (Fsp3) is 0.533. The van der Waals surface area contributed by atoms with Crippen LogP contribution >= 0.6 is 0 Å². The van der Waals surface area contributed by atoms with Gasteiger partial charge < -0.3 is 19.9 Å². The van der Waals surface area contributed by atoms with E-state index in [1.54, 1.807) is 26.4 Å². The van der Waals surface area contributed by atoms with E-state index in [1.807, 2.05) is 11.0 Å². The Hall–Kier alpha value is -2.15. The fourth-order valence-corrected chi connectivity index (χ4v) is 2.37. The van der Waals surface area contributed by atoms with Crippen LogP contribution in [0.2, 0.25) is 0 Å². The number of carbonyl (C=O) groups excluding carboxylic acids is 2. The Kier molecular flexibility index (Phi) is 5.71. The lowest BCUT2D eigenvalue weighted by molar-refractivity contribution is -0.129. The number of ether oxygens (including phenoxy) is 1. The molecule has 1 aliphatic heterocycles. The maximum Gasteiger partial charge on any atom is 0.253 e. The Morgan fingerprint density at radius 3 is 2.64 bits per heavy atom. The number of hydrogen-bond donors (Lipinski definition) is 1. The third kappa shape index (κ3) is 4.17. The SMILES string of the molecule is COCCNC(=O)c1cncc(N2CCN(C(C)=O)CC2)c1. The van der Waals surface area contributed by atoms with Gasteiger partial charge in [-0.25, -0.2) is 0 Å². The first-order valence-corrected chi connectivity index (χ1v) is 7.34. The average molecular weight is 306 g/mol. The molecule has 1 fully saturated rings. The minimum atomic E-state index is -0.159. The summed E-state index contributed by atoms with van der Waals surface area (Å²) in [7, 11) is 1.59. The molecular formula is C15H22N4O3. The van der Waals surface area contributed by atoms with Gasteiger partial charge >= 0.3 is 0 Å². The van der Waals surface area contributed by atoms with Crippen molar-refractivity contribution >= 4 is 17.5 Å². The molecule has 2 amide bonds. The second-order valence-electron chi connectivity index (χ2n) is 5.17. The second-order valence-corrected chi connectivity index (χ2v) is 5.17. The van der Waals surface area contributed by atoms with Gasteiger partial charge in [-0.1, -0.05) is 0 Å². The van der Waals surface area contributed by atoms with E-state index in [0.29, 0.717) is 31.8 Å². The summed E-state index contributed by atoms with van der Waals surface area (Å²) in [5.74, 6) is -0.0576. The summed E-state index contributed by atoms with van der Waals surface area (Å²) in [6.07, 6.45) is 3.30. The van der Waals surface area contributed by atoms with Gasteiger partial charge in [-0.2, -0.15) is 0 Å². The first-order valence-electron chi connectivity index (χ1n) is 7.34. The number of rotatable bonds is 5. The molecule has 7 heteroatoms. The van der Waals surface area contributed by atoms with Crippen molar-refractivity contribution in [2.24, 2.45) is 0 Å². The van der Waals surface area contributed by atoms with E-state index in [-0.39, 0.29) is 11.8 Å². The highest BCUT2D eigenvalue weighted by Gasteiger charge is 2.19. The molecule has 1 saturated heterocycles. The van der Waals surface area contributed by atoms with Crippen molar-refractivity contribution < 1.29 is 14.3 Å². The van der Waals surface area contributed by atoms with Crippen LogP contribution < -0.4 is 10.2 Å². The fourth-order valence-electron chi connectivity index (χ4n) is 2.37. The van der Waals surface area contributed by atoms with Gasteiger partial charge in [0.1, 0.15) is 0 Å². The first-order chi connectivity index (χ1) is 10.6. The van der Waals surface area contributed by atoms with Crippen molar-refractivity contribution in [3.63, 3.8) is 0 Å². The molecule has 0 unspecified atom stereocenters. The van der Waals surface area contributed by atoms with Gasteiger partial charge in [-0.05, 0) is 6.07 Å². The Morgan fingerprint density at radius 2 is 2.00 bits per heavy atom. The van der Waals surface area contributed by atoms with Gasteiger partial charge in [0.25, 0.3) is 5.91 Å². The normalized spacial score (nSPS) is 14.8. The minimum absolute atomic E-state index is 0.101. The number of piperazine rings is 1. The van der Waals surface area contributed by atoms with E-state index in [0.717, 1.165) is 18.8 Å². The molecule has 120 valence electrons. The zero-order valence-electron chi connectivity index (χ0n) is 13.0. The van der Waals surface area contributed by atoms with Crippen LogP contribution in [-0.4, -0.2) is 68.1 Å². The van der Waals surface area contributed by atoms with Gasteiger partial charge in [-0.3, -0.25) is 14.6 Å². The molecule has 0 aromatic carbocycles. The van der Waals surface area contributed by atoms with Crippen LogP contribution in [0.15, 0.2) is 18.5 Å². The predicted molar refractivity (Wildman–Crippen MR) is 82.9 cm³/mol.